The van der Waals surface area contributed by atoms with Gasteiger partial charge in [0.2, 0.25) is 0 Å². The lowest BCUT2D eigenvalue weighted by atomic mass is 9.97. The Morgan fingerprint density at radius 2 is 1.68 bits per heavy atom. The van der Waals surface area contributed by atoms with E-state index in [0.29, 0.717) is 6.54 Å². The van der Waals surface area contributed by atoms with Crippen LogP contribution in [-0.4, -0.2) is 29.9 Å². The van der Waals surface area contributed by atoms with Crippen molar-refractivity contribution in [2.75, 3.05) is 11.4 Å². The maximum Gasteiger partial charge on any atom is 0.267 e. The first-order valence-electron chi connectivity index (χ1n) is 8.73. The number of benzodiazepines with no additional fused rings is 1. The van der Waals surface area contributed by atoms with E-state index in [4.69, 9.17) is 4.99 Å². The van der Waals surface area contributed by atoms with Gasteiger partial charge in [-0.05, 0) is 33.4 Å². The SMILES string of the molecule is CCNC1N=C(c2ccccc2)c2ccccc2N(C(C)(C)C)C1=O. The van der Waals surface area contributed by atoms with Gasteiger partial charge in [-0.1, -0.05) is 55.5 Å². The number of benzene rings is 2. The number of nitrogens with one attached hydrogen (secondary N) is 1. The Hall–Kier alpha value is -2.46. The molecule has 0 saturated carbocycles. The van der Waals surface area contributed by atoms with E-state index in [-0.39, 0.29) is 11.4 Å². The summed E-state index contributed by atoms with van der Waals surface area (Å²) in [6.45, 7) is 8.83. The largest absolute Gasteiger partial charge is 0.303 e. The van der Waals surface area contributed by atoms with Crippen LogP contribution >= 0.6 is 0 Å². The van der Waals surface area contributed by atoms with Crippen molar-refractivity contribution in [1.29, 1.82) is 0 Å². The normalized spacial score (nSPS) is 17.8. The first-order valence-corrected chi connectivity index (χ1v) is 8.73. The molecule has 1 N–H and O–H groups in total. The number of likely N-dealkylation sites (N-methyl/N-ethyl adjacent to an activating group) is 1. The first kappa shape index (κ1) is 17.4. The number of fused-ring (bicyclic) bond motifs is 1. The maximum atomic E-state index is 13.3. The van der Waals surface area contributed by atoms with Crippen LogP contribution in [0, 0.1) is 0 Å². The van der Waals surface area contributed by atoms with Crippen LogP contribution in [0.5, 0.6) is 0 Å². The fourth-order valence-electron chi connectivity index (χ4n) is 3.21. The molecule has 1 heterocycles. The minimum atomic E-state index is -0.591. The van der Waals surface area contributed by atoms with E-state index < -0.39 is 6.17 Å². The number of carbonyl (C=O) groups excluding carboxylic acids is 1. The Bertz CT molecular complexity index is 790. The van der Waals surface area contributed by atoms with Gasteiger partial charge in [-0.2, -0.15) is 0 Å². The summed E-state index contributed by atoms with van der Waals surface area (Å²) in [5.74, 6) is -0.0206. The maximum absolute atomic E-state index is 13.3. The monoisotopic (exact) mass is 335 g/mol. The van der Waals surface area contributed by atoms with Crippen molar-refractivity contribution in [3.8, 4) is 0 Å². The molecule has 25 heavy (non-hydrogen) atoms. The molecule has 2 aromatic carbocycles. The van der Waals surface area contributed by atoms with E-state index in [1.54, 1.807) is 0 Å². The van der Waals surface area contributed by atoms with Crippen molar-refractivity contribution in [1.82, 2.24) is 5.32 Å². The van der Waals surface area contributed by atoms with Crippen LogP contribution in [0.25, 0.3) is 0 Å². The second-order valence-corrected chi connectivity index (χ2v) is 7.17. The van der Waals surface area contributed by atoms with Gasteiger partial charge >= 0.3 is 0 Å². The van der Waals surface area contributed by atoms with E-state index in [2.05, 4.69) is 26.1 Å². The highest BCUT2D eigenvalue weighted by Gasteiger charge is 2.37. The van der Waals surface area contributed by atoms with E-state index in [0.717, 1.165) is 22.5 Å². The Morgan fingerprint density at radius 3 is 2.32 bits per heavy atom. The number of hydrogen-bond donors (Lipinski definition) is 1. The third-order valence-electron chi connectivity index (χ3n) is 4.23. The molecule has 0 bridgehead atoms. The number of amides is 1. The quantitative estimate of drug-likeness (QED) is 0.931. The van der Waals surface area contributed by atoms with Crippen LogP contribution < -0.4 is 10.2 Å². The minimum absolute atomic E-state index is 0.0206. The van der Waals surface area contributed by atoms with Crippen LogP contribution in [-0.2, 0) is 4.79 Å². The lowest BCUT2D eigenvalue weighted by molar-refractivity contribution is -0.121. The molecule has 1 aliphatic heterocycles. The van der Waals surface area contributed by atoms with Gasteiger partial charge in [0.05, 0.1) is 11.4 Å². The molecule has 0 aromatic heterocycles. The van der Waals surface area contributed by atoms with Gasteiger partial charge in [0.1, 0.15) is 0 Å². The highest BCUT2D eigenvalue weighted by Crippen LogP contribution is 2.32. The Kier molecular flexibility index (Phi) is 4.73. The molecule has 130 valence electrons. The molecule has 1 aliphatic rings. The third-order valence-corrected chi connectivity index (χ3v) is 4.23. The van der Waals surface area contributed by atoms with E-state index >= 15 is 0 Å². The fraction of sp³-hybridized carbons (Fsp3) is 0.333. The van der Waals surface area contributed by atoms with Crippen LogP contribution in [0.15, 0.2) is 59.6 Å². The van der Waals surface area contributed by atoms with Crippen molar-refractivity contribution < 1.29 is 4.79 Å². The first-order chi connectivity index (χ1) is 11.9. The lowest BCUT2D eigenvalue weighted by Gasteiger charge is -2.37. The van der Waals surface area contributed by atoms with Crippen LogP contribution in [0.4, 0.5) is 5.69 Å². The van der Waals surface area contributed by atoms with Crippen molar-refractivity contribution in [3.05, 3.63) is 65.7 Å². The fourth-order valence-corrected chi connectivity index (χ4v) is 3.21. The van der Waals surface area contributed by atoms with Crippen molar-refractivity contribution >= 4 is 17.3 Å². The predicted molar refractivity (Wildman–Crippen MR) is 103 cm³/mol. The molecule has 0 saturated heterocycles. The van der Waals surface area contributed by atoms with Gasteiger partial charge in [0.25, 0.3) is 5.91 Å². The molecule has 0 spiro atoms. The minimum Gasteiger partial charge on any atom is -0.303 e. The van der Waals surface area contributed by atoms with E-state index in [9.17, 15) is 4.79 Å². The predicted octanol–water partition coefficient (Wildman–Crippen LogP) is 3.60. The zero-order chi connectivity index (χ0) is 18.0. The highest BCUT2D eigenvalue weighted by atomic mass is 16.2. The van der Waals surface area contributed by atoms with Crippen molar-refractivity contribution in [2.45, 2.75) is 39.4 Å². The van der Waals surface area contributed by atoms with Gasteiger partial charge in [-0.15, -0.1) is 0 Å². The molecule has 4 heteroatoms. The summed E-state index contributed by atoms with van der Waals surface area (Å²) in [4.78, 5) is 20.0. The van der Waals surface area contributed by atoms with E-state index in [1.165, 1.54) is 0 Å². The Morgan fingerprint density at radius 1 is 1.04 bits per heavy atom. The summed E-state index contributed by atoms with van der Waals surface area (Å²) in [6, 6.07) is 18.1. The number of para-hydroxylation sites is 1. The van der Waals surface area contributed by atoms with E-state index in [1.807, 2.05) is 66.4 Å². The average Bonchev–Trinajstić information content (AvgIpc) is 2.71. The number of nitrogens with zero attached hydrogens (tertiary/aromatic N) is 2. The standard InChI is InChI=1S/C21H25N3O/c1-5-22-19-20(25)24(21(2,3)4)17-14-10-9-13-16(17)18(23-19)15-11-7-6-8-12-15/h6-14,19,22H,5H2,1-4H3. The number of hydrogen-bond acceptors (Lipinski definition) is 3. The molecule has 0 radical (unpaired) electrons. The molecule has 4 nitrogen and oxygen atoms in total. The molecule has 1 unspecified atom stereocenters. The Labute approximate surface area is 149 Å². The summed E-state index contributed by atoms with van der Waals surface area (Å²) in [5, 5.41) is 3.23. The zero-order valence-electron chi connectivity index (χ0n) is 15.3. The number of aliphatic imine (C=N–C) groups is 1. The highest BCUT2D eigenvalue weighted by molar-refractivity contribution is 6.20. The lowest BCUT2D eigenvalue weighted by Crippen LogP contribution is -2.53. The summed E-state index contributed by atoms with van der Waals surface area (Å²) in [5.41, 5.74) is 3.41. The molecular weight excluding hydrogens is 310 g/mol. The van der Waals surface area contributed by atoms with Crippen molar-refractivity contribution in [2.24, 2.45) is 4.99 Å². The molecule has 3 rings (SSSR count). The van der Waals surface area contributed by atoms with Crippen LogP contribution in [0.3, 0.4) is 0 Å². The second kappa shape index (κ2) is 6.81. The summed E-state index contributed by atoms with van der Waals surface area (Å²) < 4.78 is 0. The molecule has 0 fully saturated rings. The van der Waals surface area contributed by atoms with Crippen LogP contribution in [0.1, 0.15) is 38.8 Å². The van der Waals surface area contributed by atoms with Gasteiger partial charge < -0.3 is 4.90 Å². The molecular formula is C21H25N3O. The molecule has 1 amide bonds. The van der Waals surface area contributed by atoms with Crippen molar-refractivity contribution in [3.63, 3.8) is 0 Å². The topological polar surface area (TPSA) is 44.7 Å². The van der Waals surface area contributed by atoms with Gasteiger partial charge in [0, 0.05) is 16.7 Å². The smallest absolute Gasteiger partial charge is 0.267 e. The molecule has 0 aliphatic carbocycles. The van der Waals surface area contributed by atoms with Gasteiger partial charge in [-0.25, -0.2) is 0 Å². The number of carbonyl (C=O) groups is 1. The molecule has 2 aromatic rings. The van der Waals surface area contributed by atoms with Crippen LogP contribution in [0.2, 0.25) is 0 Å². The average molecular weight is 335 g/mol. The second-order valence-electron chi connectivity index (χ2n) is 7.17. The summed E-state index contributed by atoms with van der Waals surface area (Å²) in [7, 11) is 0. The number of anilines is 1. The zero-order valence-corrected chi connectivity index (χ0v) is 15.3. The Balaban J connectivity index is 2.26. The summed E-state index contributed by atoms with van der Waals surface area (Å²) >= 11 is 0. The third kappa shape index (κ3) is 3.35. The molecule has 1 atom stereocenters. The van der Waals surface area contributed by atoms with Gasteiger partial charge in [0.15, 0.2) is 6.17 Å². The summed E-state index contributed by atoms with van der Waals surface area (Å²) in [6.07, 6.45) is -0.591. The van der Waals surface area contributed by atoms with Gasteiger partial charge in [-0.3, -0.25) is 15.1 Å². The number of rotatable bonds is 3.